The van der Waals surface area contributed by atoms with Gasteiger partial charge < -0.3 is 10.4 Å². The number of nitrogens with one attached hydrogen (secondary N) is 1. The van der Waals surface area contributed by atoms with Crippen LogP contribution < -0.4 is 5.32 Å². The van der Waals surface area contributed by atoms with Gasteiger partial charge in [-0.3, -0.25) is 0 Å². The van der Waals surface area contributed by atoms with Crippen LogP contribution in [-0.4, -0.2) is 17.8 Å². The Morgan fingerprint density at radius 1 is 1.10 bits per heavy atom. The molecule has 2 N–H and O–H groups in total. The Morgan fingerprint density at radius 2 is 1.75 bits per heavy atom. The predicted octanol–water partition coefficient (Wildman–Crippen LogP) is 4.28. The van der Waals surface area contributed by atoms with E-state index in [1.54, 1.807) is 0 Å². The van der Waals surface area contributed by atoms with Gasteiger partial charge in [0.25, 0.3) is 0 Å². The van der Waals surface area contributed by atoms with Crippen molar-refractivity contribution in [3.05, 3.63) is 64.7 Å². The minimum absolute atomic E-state index is 0.0766. The SMILES string of the molecule is CCNc1cccc(C(c2cccc(Cl)c2)C(C)O)c1. The topological polar surface area (TPSA) is 32.3 Å². The van der Waals surface area contributed by atoms with Crippen molar-refractivity contribution in [3.63, 3.8) is 0 Å². The van der Waals surface area contributed by atoms with Crippen molar-refractivity contribution in [1.29, 1.82) is 0 Å². The monoisotopic (exact) mass is 289 g/mol. The van der Waals surface area contributed by atoms with E-state index in [9.17, 15) is 5.11 Å². The van der Waals surface area contributed by atoms with Crippen molar-refractivity contribution in [1.82, 2.24) is 0 Å². The quantitative estimate of drug-likeness (QED) is 0.861. The Kier molecular flexibility index (Phi) is 5.05. The van der Waals surface area contributed by atoms with Gasteiger partial charge in [0.05, 0.1) is 6.10 Å². The van der Waals surface area contributed by atoms with E-state index in [1.807, 2.05) is 49.4 Å². The fourth-order valence-electron chi connectivity index (χ4n) is 2.50. The molecule has 2 nitrogen and oxygen atoms in total. The van der Waals surface area contributed by atoms with Crippen LogP contribution in [0.4, 0.5) is 5.69 Å². The van der Waals surface area contributed by atoms with Crippen molar-refractivity contribution in [2.75, 3.05) is 11.9 Å². The zero-order valence-corrected chi connectivity index (χ0v) is 12.6. The molecule has 0 aliphatic carbocycles. The summed E-state index contributed by atoms with van der Waals surface area (Å²) in [7, 11) is 0. The van der Waals surface area contributed by atoms with Gasteiger partial charge >= 0.3 is 0 Å². The van der Waals surface area contributed by atoms with Crippen LogP contribution >= 0.6 is 11.6 Å². The fraction of sp³-hybridized carbons (Fsp3) is 0.294. The van der Waals surface area contributed by atoms with Crippen LogP contribution in [0.25, 0.3) is 0 Å². The molecule has 2 aromatic rings. The Morgan fingerprint density at radius 3 is 2.35 bits per heavy atom. The Labute approximate surface area is 125 Å². The van der Waals surface area contributed by atoms with Crippen LogP contribution in [0.5, 0.6) is 0 Å². The number of aliphatic hydroxyl groups excluding tert-OH is 1. The maximum atomic E-state index is 10.2. The molecule has 0 spiro atoms. The lowest BCUT2D eigenvalue weighted by Crippen LogP contribution is -2.16. The largest absolute Gasteiger partial charge is 0.392 e. The van der Waals surface area contributed by atoms with Crippen molar-refractivity contribution >= 4 is 17.3 Å². The molecule has 2 unspecified atom stereocenters. The average molecular weight is 290 g/mol. The Bertz CT molecular complexity index is 568. The number of hydrogen-bond donors (Lipinski definition) is 2. The first-order valence-corrected chi connectivity index (χ1v) is 7.27. The maximum Gasteiger partial charge on any atom is 0.0621 e. The van der Waals surface area contributed by atoms with E-state index < -0.39 is 6.10 Å². The van der Waals surface area contributed by atoms with E-state index in [-0.39, 0.29) is 5.92 Å². The zero-order valence-electron chi connectivity index (χ0n) is 11.8. The molecule has 0 heterocycles. The van der Waals surface area contributed by atoms with Crippen molar-refractivity contribution in [2.24, 2.45) is 0 Å². The second-order valence-corrected chi connectivity index (χ2v) is 5.37. The summed E-state index contributed by atoms with van der Waals surface area (Å²) in [5.74, 6) is -0.0766. The molecular formula is C17H20ClNO. The molecule has 0 saturated carbocycles. The van der Waals surface area contributed by atoms with Gasteiger partial charge in [-0.2, -0.15) is 0 Å². The third-order valence-corrected chi connectivity index (χ3v) is 3.55. The maximum absolute atomic E-state index is 10.2. The lowest BCUT2D eigenvalue weighted by Gasteiger charge is -2.22. The summed E-state index contributed by atoms with van der Waals surface area (Å²) in [5, 5.41) is 14.2. The first kappa shape index (κ1) is 14.9. The van der Waals surface area contributed by atoms with Crippen LogP contribution in [0.15, 0.2) is 48.5 Å². The smallest absolute Gasteiger partial charge is 0.0621 e. The lowest BCUT2D eigenvalue weighted by molar-refractivity contribution is 0.176. The summed E-state index contributed by atoms with van der Waals surface area (Å²) in [4.78, 5) is 0. The Hall–Kier alpha value is -1.51. The lowest BCUT2D eigenvalue weighted by atomic mass is 9.87. The zero-order chi connectivity index (χ0) is 14.5. The van der Waals surface area contributed by atoms with Crippen LogP contribution in [0.1, 0.15) is 30.9 Å². The minimum Gasteiger partial charge on any atom is -0.392 e. The number of benzene rings is 2. The van der Waals surface area contributed by atoms with Gasteiger partial charge in [0.2, 0.25) is 0 Å². The molecule has 2 aromatic carbocycles. The number of hydrogen-bond acceptors (Lipinski definition) is 2. The highest BCUT2D eigenvalue weighted by molar-refractivity contribution is 6.30. The van der Waals surface area contributed by atoms with Gasteiger partial charge in [-0.15, -0.1) is 0 Å². The predicted molar refractivity (Wildman–Crippen MR) is 85.6 cm³/mol. The molecule has 0 amide bonds. The van der Waals surface area contributed by atoms with Crippen LogP contribution in [-0.2, 0) is 0 Å². The highest BCUT2D eigenvalue weighted by atomic mass is 35.5. The molecule has 0 radical (unpaired) electrons. The van der Waals surface area contributed by atoms with Crippen LogP contribution in [0, 0.1) is 0 Å². The summed E-state index contributed by atoms with van der Waals surface area (Å²) in [6.45, 7) is 4.75. The standard InChI is InChI=1S/C17H20ClNO/c1-3-19-16-9-5-7-14(11-16)17(12(2)20)13-6-4-8-15(18)10-13/h4-12,17,19-20H,3H2,1-2H3. The summed E-state index contributed by atoms with van der Waals surface area (Å²) in [5.41, 5.74) is 3.18. The molecule has 3 heteroatoms. The third kappa shape index (κ3) is 3.53. The van der Waals surface area contributed by atoms with Gasteiger partial charge in [-0.25, -0.2) is 0 Å². The second kappa shape index (κ2) is 6.78. The minimum atomic E-state index is -0.481. The summed E-state index contributed by atoms with van der Waals surface area (Å²) < 4.78 is 0. The molecule has 2 atom stereocenters. The Balaban J connectivity index is 2.40. The highest BCUT2D eigenvalue weighted by Crippen LogP contribution is 2.31. The number of anilines is 1. The number of halogens is 1. The highest BCUT2D eigenvalue weighted by Gasteiger charge is 2.20. The van der Waals surface area contributed by atoms with Crippen molar-refractivity contribution in [3.8, 4) is 0 Å². The second-order valence-electron chi connectivity index (χ2n) is 4.93. The van der Waals surface area contributed by atoms with Gasteiger partial charge in [0.1, 0.15) is 0 Å². The third-order valence-electron chi connectivity index (χ3n) is 3.32. The molecule has 20 heavy (non-hydrogen) atoms. The van der Waals surface area contributed by atoms with Gasteiger partial charge in [-0.05, 0) is 49.2 Å². The summed E-state index contributed by atoms with van der Waals surface area (Å²) >= 11 is 6.07. The molecule has 0 aliphatic rings. The van der Waals surface area contributed by atoms with Crippen LogP contribution in [0.3, 0.4) is 0 Å². The van der Waals surface area contributed by atoms with Gasteiger partial charge in [-0.1, -0.05) is 35.9 Å². The molecule has 0 saturated heterocycles. The van der Waals surface area contributed by atoms with Crippen molar-refractivity contribution in [2.45, 2.75) is 25.9 Å². The molecule has 0 bridgehead atoms. The number of aliphatic hydroxyl groups is 1. The fourth-order valence-corrected chi connectivity index (χ4v) is 2.69. The van der Waals surface area contributed by atoms with Crippen LogP contribution in [0.2, 0.25) is 5.02 Å². The normalized spacial score (nSPS) is 13.8. The first-order chi connectivity index (χ1) is 9.61. The molecule has 2 rings (SSSR count). The average Bonchev–Trinajstić information content (AvgIpc) is 2.39. The van der Waals surface area contributed by atoms with E-state index in [2.05, 4.69) is 18.3 Å². The number of rotatable bonds is 5. The summed E-state index contributed by atoms with van der Waals surface area (Å²) in [6, 6.07) is 15.8. The molecule has 0 aliphatic heterocycles. The molecule has 0 fully saturated rings. The molecule has 106 valence electrons. The molecule has 0 aromatic heterocycles. The van der Waals surface area contributed by atoms with Crippen molar-refractivity contribution < 1.29 is 5.11 Å². The van der Waals surface area contributed by atoms with E-state index in [4.69, 9.17) is 11.6 Å². The van der Waals surface area contributed by atoms with E-state index in [0.29, 0.717) is 5.02 Å². The van der Waals surface area contributed by atoms with E-state index in [0.717, 1.165) is 23.4 Å². The first-order valence-electron chi connectivity index (χ1n) is 6.89. The molecular weight excluding hydrogens is 270 g/mol. The summed E-state index contributed by atoms with van der Waals surface area (Å²) in [6.07, 6.45) is -0.481. The van der Waals surface area contributed by atoms with E-state index >= 15 is 0 Å². The van der Waals surface area contributed by atoms with E-state index in [1.165, 1.54) is 0 Å². The van der Waals surface area contributed by atoms with Gasteiger partial charge in [0, 0.05) is 23.2 Å². The van der Waals surface area contributed by atoms with Gasteiger partial charge in [0.15, 0.2) is 0 Å².